The Labute approximate surface area is 174 Å². The number of carbonyl (C=O) groups is 2. The molecule has 30 heavy (non-hydrogen) atoms. The molecule has 0 radical (unpaired) electrons. The first-order chi connectivity index (χ1) is 14.5. The number of carbonyl (C=O) groups excluding carboxylic acids is 2. The summed E-state index contributed by atoms with van der Waals surface area (Å²) in [5, 5.41) is 0. The molecule has 1 amide bonds. The number of hydrogen-bond acceptors (Lipinski definition) is 7. The fraction of sp³-hybridized carbons (Fsp3) is 0.182. The SMILES string of the molecule is COC(=O)C(=C/c1cc(OC)c(OC)c(OC)c1)/C(=C\c1ccccc1)C(=O)NN. The van der Waals surface area contributed by atoms with Crippen LogP contribution in [0.4, 0.5) is 0 Å². The number of methoxy groups -OCH3 is 4. The number of ether oxygens (including phenoxy) is 4. The second-order valence-electron chi connectivity index (χ2n) is 5.95. The van der Waals surface area contributed by atoms with E-state index in [1.807, 2.05) is 18.2 Å². The number of nitrogens with one attached hydrogen (secondary N) is 1. The summed E-state index contributed by atoms with van der Waals surface area (Å²) in [7, 11) is 5.68. The van der Waals surface area contributed by atoms with Gasteiger partial charge in [-0.2, -0.15) is 0 Å². The van der Waals surface area contributed by atoms with Crippen molar-refractivity contribution >= 4 is 24.0 Å². The molecule has 8 nitrogen and oxygen atoms in total. The number of amides is 1. The molecule has 0 aliphatic heterocycles. The highest BCUT2D eigenvalue weighted by molar-refractivity contribution is 6.14. The van der Waals surface area contributed by atoms with Crippen LogP contribution in [-0.4, -0.2) is 40.3 Å². The summed E-state index contributed by atoms with van der Waals surface area (Å²) >= 11 is 0. The maximum atomic E-state index is 12.6. The van der Waals surface area contributed by atoms with Crippen molar-refractivity contribution in [2.45, 2.75) is 0 Å². The third-order valence-corrected chi connectivity index (χ3v) is 4.18. The summed E-state index contributed by atoms with van der Waals surface area (Å²) in [5.41, 5.74) is 3.33. The van der Waals surface area contributed by atoms with Crippen LogP contribution in [0.1, 0.15) is 11.1 Å². The van der Waals surface area contributed by atoms with Crippen molar-refractivity contribution < 1.29 is 28.5 Å². The van der Waals surface area contributed by atoms with Gasteiger partial charge in [-0.05, 0) is 35.4 Å². The van der Waals surface area contributed by atoms with Gasteiger partial charge in [-0.3, -0.25) is 10.2 Å². The molecular formula is C22H24N2O6. The zero-order valence-electron chi connectivity index (χ0n) is 17.2. The molecule has 0 saturated carbocycles. The van der Waals surface area contributed by atoms with E-state index in [4.69, 9.17) is 24.8 Å². The van der Waals surface area contributed by atoms with Crippen molar-refractivity contribution in [3.63, 3.8) is 0 Å². The average molecular weight is 412 g/mol. The third-order valence-electron chi connectivity index (χ3n) is 4.18. The molecular weight excluding hydrogens is 388 g/mol. The highest BCUT2D eigenvalue weighted by atomic mass is 16.5. The molecule has 158 valence electrons. The maximum absolute atomic E-state index is 12.6. The molecule has 3 N–H and O–H groups in total. The van der Waals surface area contributed by atoms with Gasteiger partial charge in [0.05, 0.1) is 39.6 Å². The molecule has 2 rings (SSSR count). The van der Waals surface area contributed by atoms with Gasteiger partial charge in [0.1, 0.15) is 0 Å². The van der Waals surface area contributed by atoms with Gasteiger partial charge >= 0.3 is 5.97 Å². The molecule has 0 bridgehead atoms. The number of esters is 1. The normalized spacial score (nSPS) is 11.5. The summed E-state index contributed by atoms with van der Waals surface area (Å²) in [6, 6.07) is 12.3. The molecule has 0 spiro atoms. The number of rotatable bonds is 8. The first-order valence-electron chi connectivity index (χ1n) is 8.87. The van der Waals surface area contributed by atoms with Crippen LogP contribution in [0.2, 0.25) is 0 Å². The quantitative estimate of drug-likeness (QED) is 0.171. The second-order valence-corrected chi connectivity index (χ2v) is 5.95. The Balaban J connectivity index is 2.71. The van der Waals surface area contributed by atoms with Gasteiger partial charge in [0.15, 0.2) is 11.5 Å². The molecule has 2 aromatic carbocycles. The van der Waals surface area contributed by atoms with E-state index in [1.54, 1.807) is 30.3 Å². The van der Waals surface area contributed by atoms with Crippen molar-refractivity contribution in [3.05, 3.63) is 64.7 Å². The lowest BCUT2D eigenvalue weighted by atomic mass is 9.99. The molecule has 0 unspecified atom stereocenters. The summed E-state index contributed by atoms with van der Waals surface area (Å²) < 4.78 is 20.9. The molecule has 8 heteroatoms. The zero-order chi connectivity index (χ0) is 22.1. The minimum absolute atomic E-state index is 0.00132. The van der Waals surface area contributed by atoms with Crippen molar-refractivity contribution in [2.75, 3.05) is 28.4 Å². The second kappa shape index (κ2) is 10.7. The third kappa shape index (κ3) is 5.18. The van der Waals surface area contributed by atoms with Crippen LogP contribution in [-0.2, 0) is 14.3 Å². The van der Waals surface area contributed by atoms with E-state index in [0.29, 0.717) is 28.4 Å². The van der Waals surface area contributed by atoms with Gasteiger partial charge < -0.3 is 18.9 Å². The minimum Gasteiger partial charge on any atom is -0.493 e. The van der Waals surface area contributed by atoms with Gasteiger partial charge in [0, 0.05) is 0 Å². The van der Waals surface area contributed by atoms with E-state index in [0.717, 1.165) is 0 Å². The van der Waals surface area contributed by atoms with E-state index in [2.05, 4.69) is 5.43 Å². The standard InChI is InChI=1S/C22H24N2O6/c1-27-18-12-15(13-19(28-2)20(18)29-3)11-17(22(26)30-4)16(21(25)24-23)10-14-8-6-5-7-9-14/h5-13H,23H2,1-4H3,(H,24,25)/b16-10+,17-11+. The Morgan fingerprint density at radius 3 is 1.87 bits per heavy atom. The lowest BCUT2D eigenvalue weighted by Gasteiger charge is -2.14. The molecule has 0 fully saturated rings. The lowest BCUT2D eigenvalue weighted by Crippen LogP contribution is -2.33. The van der Waals surface area contributed by atoms with Crippen LogP contribution in [0.25, 0.3) is 12.2 Å². The molecule has 0 saturated heterocycles. The van der Waals surface area contributed by atoms with Crippen LogP contribution < -0.4 is 25.5 Å². The largest absolute Gasteiger partial charge is 0.493 e. The van der Waals surface area contributed by atoms with Crippen molar-refractivity contribution in [1.29, 1.82) is 0 Å². The van der Waals surface area contributed by atoms with Gasteiger partial charge in [0.2, 0.25) is 5.75 Å². The predicted molar refractivity (Wildman–Crippen MR) is 113 cm³/mol. The van der Waals surface area contributed by atoms with E-state index < -0.39 is 11.9 Å². The summed E-state index contributed by atoms with van der Waals surface area (Å²) in [5.74, 6) is 5.17. The van der Waals surface area contributed by atoms with Crippen molar-refractivity contribution in [2.24, 2.45) is 5.84 Å². The molecule has 2 aromatic rings. The Bertz CT molecular complexity index is 942. The van der Waals surface area contributed by atoms with E-state index in [-0.39, 0.29) is 11.1 Å². The Morgan fingerprint density at radius 1 is 0.833 bits per heavy atom. The molecule has 0 aliphatic carbocycles. The topological polar surface area (TPSA) is 109 Å². The number of benzene rings is 2. The number of nitrogens with two attached hydrogens (primary N) is 1. The smallest absolute Gasteiger partial charge is 0.338 e. The Hall–Kier alpha value is -3.78. The van der Waals surface area contributed by atoms with E-state index in [1.165, 1.54) is 34.5 Å². The highest BCUT2D eigenvalue weighted by Crippen LogP contribution is 2.39. The molecule has 0 aromatic heterocycles. The van der Waals surface area contributed by atoms with Crippen molar-refractivity contribution in [3.8, 4) is 17.2 Å². The first-order valence-corrected chi connectivity index (χ1v) is 8.87. The van der Waals surface area contributed by atoms with Crippen molar-refractivity contribution in [1.82, 2.24) is 5.43 Å². The molecule has 0 atom stereocenters. The van der Waals surface area contributed by atoms with Gasteiger partial charge in [-0.1, -0.05) is 30.3 Å². The summed E-state index contributed by atoms with van der Waals surface area (Å²) in [4.78, 5) is 25.1. The maximum Gasteiger partial charge on any atom is 0.338 e. The highest BCUT2D eigenvalue weighted by Gasteiger charge is 2.22. The summed E-state index contributed by atoms with van der Waals surface area (Å²) in [6.45, 7) is 0. The number of hydrazine groups is 1. The molecule has 0 heterocycles. The van der Waals surface area contributed by atoms with Gasteiger partial charge in [0.25, 0.3) is 5.91 Å². The predicted octanol–water partition coefficient (Wildman–Crippen LogP) is 2.34. The van der Waals surface area contributed by atoms with Crippen LogP contribution in [0.15, 0.2) is 53.6 Å². The van der Waals surface area contributed by atoms with Gasteiger partial charge in [-0.25, -0.2) is 10.6 Å². The van der Waals surface area contributed by atoms with Crippen LogP contribution in [0.5, 0.6) is 17.2 Å². The fourth-order valence-corrected chi connectivity index (χ4v) is 2.77. The van der Waals surface area contributed by atoms with Crippen LogP contribution in [0.3, 0.4) is 0 Å². The van der Waals surface area contributed by atoms with E-state index >= 15 is 0 Å². The molecule has 0 aliphatic rings. The fourth-order valence-electron chi connectivity index (χ4n) is 2.77. The minimum atomic E-state index is -0.713. The lowest BCUT2D eigenvalue weighted by molar-refractivity contribution is -0.136. The average Bonchev–Trinajstić information content (AvgIpc) is 2.79. The van der Waals surface area contributed by atoms with E-state index in [9.17, 15) is 9.59 Å². The number of hydrogen-bond donors (Lipinski definition) is 2. The Morgan fingerprint density at radius 2 is 1.40 bits per heavy atom. The Kier molecular flexibility index (Phi) is 8.01. The zero-order valence-corrected chi connectivity index (χ0v) is 17.2. The summed E-state index contributed by atoms with van der Waals surface area (Å²) in [6.07, 6.45) is 3.03. The van der Waals surface area contributed by atoms with Crippen LogP contribution >= 0.6 is 0 Å². The van der Waals surface area contributed by atoms with Crippen LogP contribution in [0, 0.1) is 0 Å². The van der Waals surface area contributed by atoms with Gasteiger partial charge in [-0.15, -0.1) is 0 Å². The first kappa shape index (κ1) is 22.5. The monoisotopic (exact) mass is 412 g/mol.